The molecule has 0 fully saturated rings. The van der Waals surface area contributed by atoms with Crippen LogP contribution in [0.1, 0.15) is 33.4 Å². The highest BCUT2D eigenvalue weighted by molar-refractivity contribution is 6.05. The first-order chi connectivity index (χ1) is 22.3. The summed E-state index contributed by atoms with van der Waals surface area (Å²) >= 11 is 0. The van der Waals surface area contributed by atoms with Crippen LogP contribution in [0.25, 0.3) is 61.2 Å². The first-order valence-corrected chi connectivity index (χ1v) is 15.4. The van der Waals surface area contributed by atoms with Crippen LogP contribution in [0.15, 0.2) is 152 Å². The molecule has 1 heteroatoms. The van der Waals surface area contributed by atoms with Crippen LogP contribution in [0, 0.1) is 6.57 Å². The Morgan fingerprint density at radius 1 is 0.444 bits per heavy atom. The van der Waals surface area contributed by atoms with Crippen LogP contribution in [-0.4, -0.2) is 0 Å². The average molecular weight is 570 g/mol. The van der Waals surface area contributed by atoms with Crippen molar-refractivity contribution in [3.63, 3.8) is 0 Å². The Bertz CT molecular complexity index is 2370. The Labute approximate surface area is 263 Å². The standard InChI is InChI=1S/C44H27N/c1-45-36-25-22-30(23-26-36)29-14-16-31(17-15-29)35-21-20-34-19-18-33-9-3-6-12-39(33)44(42(34)28-35)40-13-7-5-11-38(40)43-37-10-4-2-8-32(37)24-27-41(43)44/h2-28H. The molecule has 1 nitrogen and oxygen atoms in total. The van der Waals surface area contributed by atoms with Crippen molar-refractivity contribution >= 4 is 28.6 Å². The van der Waals surface area contributed by atoms with Gasteiger partial charge in [-0.25, -0.2) is 4.85 Å². The molecule has 0 bridgehead atoms. The topological polar surface area (TPSA) is 4.36 Å². The van der Waals surface area contributed by atoms with Crippen molar-refractivity contribution < 1.29 is 0 Å². The molecular formula is C44H27N. The average Bonchev–Trinajstić information content (AvgIpc) is 3.33. The first kappa shape index (κ1) is 25.5. The quantitative estimate of drug-likeness (QED) is 0.182. The zero-order chi connectivity index (χ0) is 30.0. The van der Waals surface area contributed by atoms with Crippen LogP contribution in [-0.2, 0) is 5.41 Å². The van der Waals surface area contributed by atoms with E-state index >= 15 is 0 Å². The summed E-state index contributed by atoms with van der Waals surface area (Å²) in [5, 5.41) is 2.56. The van der Waals surface area contributed by atoms with Gasteiger partial charge in [-0.3, -0.25) is 0 Å². The fourth-order valence-corrected chi connectivity index (χ4v) is 7.73. The molecule has 9 rings (SSSR count). The SMILES string of the molecule is [C-]#[N+]c1ccc(-c2ccc(-c3ccc4c(c3)C3(c5ccccc5C=C4)c4ccccc4-c4c3ccc3ccccc43)cc2)cc1. The lowest BCUT2D eigenvalue weighted by Gasteiger charge is -2.35. The highest BCUT2D eigenvalue weighted by atomic mass is 14.6. The second kappa shape index (κ2) is 9.78. The molecule has 0 saturated carbocycles. The van der Waals surface area contributed by atoms with Crippen LogP contribution in [0.5, 0.6) is 0 Å². The Hall–Kier alpha value is -5.97. The maximum absolute atomic E-state index is 7.26. The third-order valence-electron chi connectivity index (χ3n) is 9.75. The second-order valence-corrected chi connectivity index (χ2v) is 12.0. The van der Waals surface area contributed by atoms with E-state index < -0.39 is 5.41 Å². The zero-order valence-corrected chi connectivity index (χ0v) is 24.5. The minimum absolute atomic E-state index is 0.466. The summed E-state index contributed by atoms with van der Waals surface area (Å²) in [6.45, 7) is 7.26. The van der Waals surface area contributed by atoms with Crippen molar-refractivity contribution in [3.8, 4) is 33.4 Å². The van der Waals surface area contributed by atoms with Gasteiger partial charge in [-0.05, 0) is 83.6 Å². The first-order valence-electron chi connectivity index (χ1n) is 15.4. The maximum atomic E-state index is 7.26. The third-order valence-corrected chi connectivity index (χ3v) is 9.75. The molecule has 1 spiro atoms. The Morgan fingerprint density at radius 3 is 1.82 bits per heavy atom. The van der Waals surface area contributed by atoms with E-state index in [4.69, 9.17) is 6.57 Å². The highest BCUT2D eigenvalue weighted by Crippen LogP contribution is 2.60. The molecule has 7 aromatic carbocycles. The number of benzene rings is 7. The van der Waals surface area contributed by atoms with Crippen molar-refractivity contribution in [2.75, 3.05) is 0 Å². The van der Waals surface area contributed by atoms with Gasteiger partial charge in [0.2, 0.25) is 0 Å². The summed E-state index contributed by atoms with van der Waals surface area (Å²) in [5.74, 6) is 0. The summed E-state index contributed by atoms with van der Waals surface area (Å²) in [5.41, 5.74) is 15.3. The number of fused-ring (bicyclic) bond motifs is 11. The maximum Gasteiger partial charge on any atom is 0.187 e. The molecule has 2 aliphatic carbocycles. The van der Waals surface area contributed by atoms with Gasteiger partial charge < -0.3 is 0 Å². The minimum Gasteiger partial charge on any atom is -0.238 e. The fraction of sp³-hybridized carbons (Fsp3) is 0.0227. The van der Waals surface area contributed by atoms with Gasteiger partial charge in [-0.1, -0.05) is 158 Å². The normalized spacial score (nSPS) is 15.5. The molecule has 1 unspecified atom stereocenters. The van der Waals surface area contributed by atoms with Crippen LogP contribution >= 0.6 is 0 Å². The van der Waals surface area contributed by atoms with Gasteiger partial charge in [-0.15, -0.1) is 0 Å². The highest BCUT2D eigenvalue weighted by Gasteiger charge is 2.48. The van der Waals surface area contributed by atoms with Gasteiger partial charge in [0, 0.05) is 0 Å². The third kappa shape index (κ3) is 3.67. The Morgan fingerprint density at radius 2 is 1.04 bits per heavy atom. The van der Waals surface area contributed by atoms with E-state index in [1.807, 2.05) is 24.3 Å². The van der Waals surface area contributed by atoms with Crippen LogP contribution < -0.4 is 0 Å². The summed E-state index contributed by atoms with van der Waals surface area (Å²) < 4.78 is 0. The van der Waals surface area contributed by atoms with Gasteiger partial charge in [0.05, 0.1) is 12.0 Å². The van der Waals surface area contributed by atoms with E-state index in [9.17, 15) is 0 Å². The van der Waals surface area contributed by atoms with Crippen molar-refractivity contribution in [3.05, 3.63) is 196 Å². The monoisotopic (exact) mass is 569 g/mol. The van der Waals surface area contributed by atoms with Gasteiger partial charge in [0.25, 0.3) is 0 Å². The van der Waals surface area contributed by atoms with E-state index in [0.29, 0.717) is 5.69 Å². The van der Waals surface area contributed by atoms with Crippen molar-refractivity contribution in [1.82, 2.24) is 0 Å². The number of nitrogens with zero attached hydrogens (tertiary/aromatic N) is 1. The van der Waals surface area contributed by atoms with E-state index in [1.165, 1.54) is 66.4 Å². The zero-order valence-electron chi connectivity index (χ0n) is 24.5. The molecule has 0 N–H and O–H groups in total. The van der Waals surface area contributed by atoms with Gasteiger partial charge >= 0.3 is 0 Å². The predicted octanol–water partition coefficient (Wildman–Crippen LogP) is 11.6. The second-order valence-electron chi connectivity index (χ2n) is 12.0. The minimum atomic E-state index is -0.466. The lowest BCUT2D eigenvalue weighted by Crippen LogP contribution is -2.30. The van der Waals surface area contributed by atoms with Crippen LogP contribution in [0.2, 0.25) is 0 Å². The van der Waals surface area contributed by atoms with E-state index in [2.05, 4.69) is 144 Å². The molecular weight excluding hydrogens is 542 g/mol. The summed E-state index contributed by atoms with van der Waals surface area (Å²) in [6.07, 6.45) is 4.59. The molecule has 0 aromatic heterocycles. The van der Waals surface area contributed by atoms with Gasteiger partial charge in [0.15, 0.2) is 5.69 Å². The van der Waals surface area contributed by atoms with Crippen molar-refractivity contribution in [2.24, 2.45) is 0 Å². The predicted molar refractivity (Wildman–Crippen MR) is 187 cm³/mol. The molecule has 0 radical (unpaired) electrons. The van der Waals surface area contributed by atoms with Crippen LogP contribution in [0.4, 0.5) is 5.69 Å². The summed E-state index contributed by atoms with van der Waals surface area (Å²) in [6, 6.07) is 55.0. The van der Waals surface area contributed by atoms with E-state index in [-0.39, 0.29) is 0 Å². The van der Waals surface area contributed by atoms with Gasteiger partial charge in [-0.2, -0.15) is 0 Å². The number of hydrogen-bond acceptors (Lipinski definition) is 0. The molecule has 7 aromatic rings. The molecule has 0 heterocycles. The largest absolute Gasteiger partial charge is 0.238 e. The Kier molecular flexibility index (Phi) is 5.55. The summed E-state index contributed by atoms with van der Waals surface area (Å²) in [4.78, 5) is 3.53. The molecule has 0 amide bonds. The van der Waals surface area contributed by atoms with Gasteiger partial charge in [0.1, 0.15) is 0 Å². The fourth-order valence-electron chi connectivity index (χ4n) is 7.73. The smallest absolute Gasteiger partial charge is 0.187 e. The molecule has 0 aliphatic heterocycles. The Balaban J connectivity index is 1.30. The number of hydrogen-bond donors (Lipinski definition) is 0. The lowest BCUT2D eigenvalue weighted by molar-refractivity contribution is 0.767. The molecule has 45 heavy (non-hydrogen) atoms. The van der Waals surface area contributed by atoms with Crippen LogP contribution in [0.3, 0.4) is 0 Å². The van der Waals surface area contributed by atoms with Crippen molar-refractivity contribution in [1.29, 1.82) is 0 Å². The molecule has 1 atom stereocenters. The molecule has 208 valence electrons. The van der Waals surface area contributed by atoms with E-state index in [0.717, 1.165) is 11.1 Å². The summed E-state index contributed by atoms with van der Waals surface area (Å²) in [7, 11) is 0. The lowest BCUT2D eigenvalue weighted by atomic mass is 9.65. The number of rotatable bonds is 2. The van der Waals surface area contributed by atoms with E-state index in [1.54, 1.807) is 0 Å². The molecule has 0 saturated heterocycles. The molecule has 2 aliphatic rings. The van der Waals surface area contributed by atoms with Crippen molar-refractivity contribution in [2.45, 2.75) is 5.41 Å².